The number of para-hydroxylation sites is 1. The van der Waals surface area contributed by atoms with E-state index in [2.05, 4.69) is 27.9 Å². The standard InChI is InChI=1S/C19H21N5O/c1-3-6-16-13-24(23-22-16)17-11-9-15(10-12-17)20-19(25)21-18-8-5-4-7-14(18)2/h4-5,7-13H,3,6H2,1-2H3,(H2,20,21,25). The average Bonchev–Trinajstić information content (AvgIpc) is 3.07. The van der Waals surface area contributed by atoms with Crippen molar-refractivity contribution in [1.29, 1.82) is 0 Å². The van der Waals surface area contributed by atoms with E-state index in [9.17, 15) is 4.79 Å². The van der Waals surface area contributed by atoms with Gasteiger partial charge < -0.3 is 10.6 Å². The van der Waals surface area contributed by atoms with Crippen molar-refractivity contribution in [2.45, 2.75) is 26.7 Å². The van der Waals surface area contributed by atoms with Crippen molar-refractivity contribution in [2.24, 2.45) is 0 Å². The molecule has 1 aromatic heterocycles. The Bertz CT molecular complexity index is 854. The Morgan fingerprint density at radius 1 is 1.08 bits per heavy atom. The van der Waals surface area contributed by atoms with Crippen LogP contribution in [-0.4, -0.2) is 21.0 Å². The van der Waals surface area contributed by atoms with Gasteiger partial charge in [-0.05, 0) is 49.2 Å². The molecule has 0 aliphatic carbocycles. The molecule has 6 nitrogen and oxygen atoms in total. The predicted molar refractivity (Wildman–Crippen MR) is 99.2 cm³/mol. The summed E-state index contributed by atoms with van der Waals surface area (Å²) >= 11 is 0. The lowest BCUT2D eigenvalue weighted by Crippen LogP contribution is -2.19. The number of urea groups is 1. The van der Waals surface area contributed by atoms with Gasteiger partial charge >= 0.3 is 6.03 Å². The van der Waals surface area contributed by atoms with Gasteiger partial charge in [-0.25, -0.2) is 9.48 Å². The van der Waals surface area contributed by atoms with Gasteiger partial charge in [0.2, 0.25) is 0 Å². The van der Waals surface area contributed by atoms with Gasteiger partial charge in [-0.15, -0.1) is 5.10 Å². The van der Waals surface area contributed by atoms with Gasteiger partial charge in [-0.3, -0.25) is 0 Å². The molecule has 0 aliphatic rings. The largest absolute Gasteiger partial charge is 0.323 e. The molecular formula is C19H21N5O. The summed E-state index contributed by atoms with van der Waals surface area (Å²) in [7, 11) is 0. The molecule has 3 aromatic rings. The van der Waals surface area contributed by atoms with Crippen LogP contribution in [0.3, 0.4) is 0 Å². The highest BCUT2D eigenvalue weighted by molar-refractivity contribution is 6.00. The first kappa shape index (κ1) is 16.7. The van der Waals surface area contributed by atoms with E-state index < -0.39 is 0 Å². The molecule has 0 atom stereocenters. The molecule has 2 N–H and O–H groups in total. The van der Waals surface area contributed by atoms with Crippen LogP contribution in [0.15, 0.2) is 54.7 Å². The van der Waals surface area contributed by atoms with E-state index in [1.807, 2.05) is 61.7 Å². The number of aromatic nitrogens is 3. The summed E-state index contributed by atoms with van der Waals surface area (Å²) in [6, 6.07) is 14.9. The van der Waals surface area contributed by atoms with Crippen molar-refractivity contribution in [2.75, 3.05) is 10.6 Å². The van der Waals surface area contributed by atoms with E-state index >= 15 is 0 Å². The number of benzene rings is 2. The maximum Gasteiger partial charge on any atom is 0.323 e. The topological polar surface area (TPSA) is 71.8 Å². The molecule has 0 radical (unpaired) electrons. The van der Waals surface area contributed by atoms with Crippen LogP contribution in [0.25, 0.3) is 5.69 Å². The highest BCUT2D eigenvalue weighted by Gasteiger charge is 2.06. The summed E-state index contributed by atoms with van der Waals surface area (Å²) in [5, 5.41) is 13.9. The summed E-state index contributed by atoms with van der Waals surface area (Å²) in [4.78, 5) is 12.1. The van der Waals surface area contributed by atoms with Gasteiger partial charge in [0.05, 0.1) is 17.6 Å². The van der Waals surface area contributed by atoms with Crippen LogP contribution in [0.1, 0.15) is 24.6 Å². The van der Waals surface area contributed by atoms with E-state index in [-0.39, 0.29) is 6.03 Å². The molecular weight excluding hydrogens is 314 g/mol. The second kappa shape index (κ2) is 7.61. The third kappa shape index (κ3) is 4.23. The minimum absolute atomic E-state index is 0.270. The Morgan fingerprint density at radius 3 is 2.56 bits per heavy atom. The minimum Gasteiger partial charge on any atom is -0.308 e. The van der Waals surface area contributed by atoms with Gasteiger partial charge in [0, 0.05) is 11.4 Å². The maximum absolute atomic E-state index is 12.1. The van der Waals surface area contributed by atoms with Crippen LogP contribution in [0.4, 0.5) is 16.2 Å². The Hall–Kier alpha value is -3.15. The van der Waals surface area contributed by atoms with Crippen LogP contribution in [0.2, 0.25) is 0 Å². The number of carbonyl (C=O) groups is 1. The van der Waals surface area contributed by atoms with Gasteiger partial charge in [0.1, 0.15) is 0 Å². The number of aryl methyl sites for hydroxylation is 2. The second-order valence-electron chi connectivity index (χ2n) is 5.85. The quantitative estimate of drug-likeness (QED) is 0.735. The minimum atomic E-state index is -0.270. The van der Waals surface area contributed by atoms with Gasteiger partial charge in [-0.2, -0.15) is 0 Å². The van der Waals surface area contributed by atoms with Crippen molar-refractivity contribution in [3.05, 3.63) is 66.0 Å². The third-order valence-corrected chi connectivity index (χ3v) is 3.83. The highest BCUT2D eigenvalue weighted by atomic mass is 16.2. The first-order chi connectivity index (χ1) is 12.2. The lowest BCUT2D eigenvalue weighted by molar-refractivity contribution is 0.262. The predicted octanol–water partition coefficient (Wildman–Crippen LogP) is 4.17. The molecule has 0 saturated carbocycles. The molecule has 2 aromatic carbocycles. The number of hydrogen-bond acceptors (Lipinski definition) is 3. The highest BCUT2D eigenvalue weighted by Crippen LogP contribution is 2.16. The molecule has 2 amide bonds. The summed E-state index contributed by atoms with van der Waals surface area (Å²) < 4.78 is 1.74. The SMILES string of the molecule is CCCc1cn(-c2ccc(NC(=O)Nc3ccccc3C)cc2)nn1. The van der Waals surface area contributed by atoms with Gasteiger partial charge in [0.15, 0.2) is 0 Å². The van der Waals surface area contributed by atoms with Crippen LogP contribution < -0.4 is 10.6 Å². The molecule has 25 heavy (non-hydrogen) atoms. The summed E-state index contributed by atoms with van der Waals surface area (Å²) in [6.07, 6.45) is 3.88. The van der Waals surface area contributed by atoms with Crippen molar-refractivity contribution in [3.63, 3.8) is 0 Å². The molecule has 1 heterocycles. The fourth-order valence-corrected chi connectivity index (χ4v) is 2.49. The fourth-order valence-electron chi connectivity index (χ4n) is 2.49. The second-order valence-corrected chi connectivity index (χ2v) is 5.85. The van der Waals surface area contributed by atoms with E-state index in [1.54, 1.807) is 4.68 Å². The van der Waals surface area contributed by atoms with Crippen molar-refractivity contribution in [1.82, 2.24) is 15.0 Å². The maximum atomic E-state index is 12.1. The Labute approximate surface area is 146 Å². The number of hydrogen-bond donors (Lipinski definition) is 2. The Balaban J connectivity index is 1.64. The van der Waals surface area contributed by atoms with Crippen LogP contribution >= 0.6 is 0 Å². The van der Waals surface area contributed by atoms with Gasteiger partial charge in [-0.1, -0.05) is 36.8 Å². The normalized spacial score (nSPS) is 10.5. The fraction of sp³-hybridized carbons (Fsp3) is 0.211. The monoisotopic (exact) mass is 335 g/mol. The average molecular weight is 335 g/mol. The zero-order valence-electron chi connectivity index (χ0n) is 14.4. The van der Waals surface area contributed by atoms with E-state index in [4.69, 9.17) is 0 Å². The van der Waals surface area contributed by atoms with Crippen LogP contribution in [-0.2, 0) is 6.42 Å². The molecule has 3 rings (SSSR count). The number of nitrogens with zero attached hydrogens (tertiary/aromatic N) is 3. The van der Waals surface area contributed by atoms with Crippen molar-refractivity contribution in [3.8, 4) is 5.69 Å². The van der Waals surface area contributed by atoms with Crippen LogP contribution in [0, 0.1) is 6.92 Å². The lowest BCUT2D eigenvalue weighted by atomic mass is 10.2. The molecule has 6 heteroatoms. The van der Waals surface area contributed by atoms with Crippen LogP contribution in [0.5, 0.6) is 0 Å². The molecule has 0 bridgehead atoms. The number of nitrogens with one attached hydrogen (secondary N) is 2. The molecule has 0 unspecified atom stereocenters. The first-order valence-corrected chi connectivity index (χ1v) is 8.31. The lowest BCUT2D eigenvalue weighted by Gasteiger charge is -2.10. The van der Waals surface area contributed by atoms with E-state index in [0.29, 0.717) is 5.69 Å². The number of amides is 2. The molecule has 0 saturated heterocycles. The molecule has 128 valence electrons. The van der Waals surface area contributed by atoms with E-state index in [1.165, 1.54) is 0 Å². The Kier molecular flexibility index (Phi) is 5.09. The molecule has 0 fully saturated rings. The zero-order valence-corrected chi connectivity index (χ0v) is 14.4. The Morgan fingerprint density at radius 2 is 1.84 bits per heavy atom. The van der Waals surface area contributed by atoms with Crippen molar-refractivity contribution < 1.29 is 4.79 Å². The molecule has 0 spiro atoms. The summed E-state index contributed by atoms with van der Waals surface area (Å²) in [5.74, 6) is 0. The third-order valence-electron chi connectivity index (χ3n) is 3.83. The zero-order chi connectivity index (χ0) is 17.6. The summed E-state index contributed by atoms with van der Waals surface area (Å²) in [6.45, 7) is 4.07. The van der Waals surface area contributed by atoms with Crippen molar-refractivity contribution >= 4 is 17.4 Å². The van der Waals surface area contributed by atoms with E-state index in [0.717, 1.165) is 35.5 Å². The number of rotatable bonds is 5. The molecule has 0 aliphatic heterocycles. The number of anilines is 2. The summed E-state index contributed by atoms with van der Waals surface area (Å²) in [5.41, 5.74) is 4.40. The van der Waals surface area contributed by atoms with Gasteiger partial charge in [0.25, 0.3) is 0 Å². The number of carbonyl (C=O) groups excluding carboxylic acids is 1. The smallest absolute Gasteiger partial charge is 0.308 e. The first-order valence-electron chi connectivity index (χ1n) is 8.31.